The Hall–Kier alpha value is -4.78. The number of hydrogen-bond donors (Lipinski definition) is 0. The molecule has 0 saturated carbocycles. The van der Waals surface area contributed by atoms with Gasteiger partial charge in [-0.25, -0.2) is 9.59 Å². The molecule has 0 saturated heterocycles. The van der Waals surface area contributed by atoms with Gasteiger partial charge in [0.25, 0.3) is 0 Å². The zero-order valence-corrected chi connectivity index (χ0v) is 18.0. The Labute approximate surface area is 196 Å². The summed E-state index contributed by atoms with van der Waals surface area (Å²) < 4.78 is 29.5. The van der Waals surface area contributed by atoms with Gasteiger partial charge in [0.15, 0.2) is 0 Å². The minimum Gasteiger partial charge on any atom is -0.386 e. The zero-order valence-electron chi connectivity index (χ0n) is 18.0. The van der Waals surface area contributed by atoms with Crippen LogP contribution >= 0.6 is 0 Å². The van der Waals surface area contributed by atoms with E-state index in [0.717, 1.165) is 21.9 Å². The van der Waals surface area contributed by atoms with Gasteiger partial charge in [-0.2, -0.15) is 8.78 Å². The van der Waals surface area contributed by atoms with E-state index in [1.54, 1.807) is 48.5 Å². The molecule has 8 aromatic rings. The first-order valence-electron chi connectivity index (χ1n) is 10.4. The maximum absolute atomic E-state index is 12.4. The lowest BCUT2D eigenvalue weighted by molar-refractivity contribution is 0.0826. The van der Waals surface area contributed by atoms with Gasteiger partial charge in [0.2, 0.25) is 0 Å². The van der Waals surface area contributed by atoms with Crippen LogP contribution in [0.1, 0.15) is 20.7 Å². The van der Waals surface area contributed by atoms with Crippen molar-refractivity contribution in [2.45, 2.75) is 0 Å². The lowest BCUT2D eigenvalue weighted by Gasteiger charge is -2.02. The number of carbonyl (C=O) groups is 2. The molecule has 0 amide bonds. The van der Waals surface area contributed by atoms with Gasteiger partial charge in [-0.15, -0.1) is 0 Å². The van der Waals surface area contributed by atoms with Crippen LogP contribution in [0.5, 0.6) is 0 Å². The molecule has 0 aliphatic heterocycles. The van der Waals surface area contributed by atoms with E-state index in [-0.39, 0.29) is 11.1 Å². The third kappa shape index (κ3) is 5.42. The summed E-state index contributed by atoms with van der Waals surface area (Å²) in [4.78, 5) is 44.2. The maximum Gasteiger partial charge on any atom is 0.346 e. The molecule has 0 spiro atoms. The fourth-order valence-corrected chi connectivity index (χ4v) is 3.39. The molecular formula is C28H16F2O5. The minimum atomic E-state index is -1.49. The van der Waals surface area contributed by atoms with E-state index in [0.29, 0.717) is 10.8 Å². The molecule has 0 radical (unpaired) electrons. The van der Waals surface area contributed by atoms with Crippen LogP contribution in [-0.2, 0) is 0 Å². The Morgan fingerprint density at radius 2 is 0.743 bits per heavy atom. The van der Waals surface area contributed by atoms with Crippen molar-refractivity contribution in [1.82, 2.24) is 0 Å². The zero-order chi connectivity index (χ0) is 24.9. The van der Waals surface area contributed by atoms with Crippen LogP contribution < -0.4 is 11.3 Å². The predicted octanol–water partition coefficient (Wildman–Crippen LogP) is 5.88. The van der Waals surface area contributed by atoms with Crippen LogP contribution in [0.4, 0.5) is 8.78 Å². The first kappa shape index (κ1) is 23.4. The van der Waals surface area contributed by atoms with Gasteiger partial charge in [-0.3, -0.25) is 9.59 Å². The molecule has 4 heterocycles. The van der Waals surface area contributed by atoms with Crippen molar-refractivity contribution in [2.75, 3.05) is 0 Å². The van der Waals surface area contributed by atoms with E-state index in [1.807, 2.05) is 24.3 Å². The number of halogens is 2. The molecule has 5 nitrogen and oxygen atoms in total. The lowest BCUT2D eigenvalue weighted by Crippen LogP contribution is -2.05. The van der Waals surface area contributed by atoms with Gasteiger partial charge >= 0.3 is 23.3 Å². The van der Waals surface area contributed by atoms with Crippen LogP contribution in [-0.4, -0.2) is 12.1 Å². The van der Waals surface area contributed by atoms with Crippen molar-refractivity contribution in [3.05, 3.63) is 129 Å². The first-order chi connectivity index (χ1) is 16.8. The van der Waals surface area contributed by atoms with Gasteiger partial charge in [0, 0.05) is 0 Å². The Balaban J connectivity index is 0.000000165. The number of benzene rings is 4. The van der Waals surface area contributed by atoms with E-state index in [1.165, 1.54) is 24.3 Å². The number of hydrogen-bond acceptors (Lipinski definition) is 5. The van der Waals surface area contributed by atoms with Crippen LogP contribution in [0.15, 0.2) is 111 Å². The summed E-state index contributed by atoms with van der Waals surface area (Å²) in [5.41, 5.74) is 0.219. The van der Waals surface area contributed by atoms with Crippen LogP contribution in [0.25, 0.3) is 32.7 Å². The van der Waals surface area contributed by atoms with Crippen molar-refractivity contribution >= 4 is 33.6 Å². The van der Waals surface area contributed by atoms with E-state index >= 15 is 0 Å². The normalized spacial score (nSPS) is 10.5. The average Bonchev–Trinajstić information content (AvgIpc) is 2.94. The van der Waals surface area contributed by atoms with Gasteiger partial charge < -0.3 is 4.42 Å². The van der Waals surface area contributed by atoms with Crippen molar-refractivity contribution in [1.29, 1.82) is 0 Å². The molecule has 4 bridgehead atoms. The summed E-state index contributed by atoms with van der Waals surface area (Å²) >= 11 is 0. The smallest absolute Gasteiger partial charge is 0.346 e. The highest BCUT2D eigenvalue weighted by molar-refractivity contribution is 5.90. The van der Waals surface area contributed by atoms with E-state index in [9.17, 15) is 28.0 Å². The second kappa shape index (κ2) is 10.0. The van der Waals surface area contributed by atoms with Crippen molar-refractivity contribution in [3.63, 3.8) is 0 Å². The molecule has 0 fully saturated rings. The Bertz CT molecular complexity index is 1510. The van der Waals surface area contributed by atoms with E-state index < -0.39 is 23.3 Å². The second-order valence-corrected chi connectivity index (χ2v) is 7.53. The SMILES string of the molecule is O=C(F)c1ccc(-c2ccc(C(=O)F)cc2)cc1.O=c1oc(=O)c2ccc(cc2)c2ccc1cc2. The fraction of sp³-hybridized carbons (Fsp3) is 0. The molecule has 0 N–H and O–H groups in total. The quantitative estimate of drug-likeness (QED) is 0.308. The van der Waals surface area contributed by atoms with Crippen molar-refractivity contribution < 1.29 is 22.8 Å². The molecular weight excluding hydrogens is 454 g/mol. The topological polar surface area (TPSA) is 81.4 Å². The average molecular weight is 470 g/mol. The lowest BCUT2D eigenvalue weighted by atomic mass is 10.0. The van der Waals surface area contributed by atoms with Crippen LogP contribution in [0.3, 0.4) is 0 Å². The largest absolute Gasteiger partial charge is 0.386 e. The molecule has 4 aromatic heterocycles. The molecule has 4 aromatic carbocycles. The molecule has 0 aliphatic carbocycles. The highest BCUT2D eigenvalue weighted by Crippen LogP contribution is 2.21. The molecule has 0 atom stereocenters. The molecule has 8 rings (SSSR count). The first-order valence-corrected chi connectivity index (χ1v) is 10.4. The number of carbonyl (C=O) groups excluding carboxylic acids is 2. The van der Waals surface area contributed by atoms with Crippen molar-refractivity contribution in [3.8, 4) is 11.1 Å². The van der Waals surface area contributed by atoms with E-state index in [4.69, 9.17) is 4.42 Å². The van der Waals surface area contributed by atoms with Gasteiger partial charge in [-0.05, 0) is 70.4 Å². The van der Waals surface area contributed by atoms with Crippen molar-refractivity contribution in [2.24, 2.45) is 0 Å². The minimum absolute atomic E-state index is 0.0192. The maximum atomic E-state index is 12.4. The molecule has 7 heteroatoms. The predicted molar refractivity (Wildman–Crippen MR) is 129 cm³/mol. The summed E-state index contributed by atoms with van der Waals surface area (Å²) in [5, 5.41) is 2.76. The van der Waals surface area contributed by atoms with E-state index in [2.05, 4.69) is 0 Å². The highest BCUT2D eigenvalue weighted by atomic mass is 19.1. The van der Waals surface area contributed by atoms with Crippen LogP contribution in [0.2, 0.25) is 0 Å². The van der Waals surface area contributed by atoms with Gasteiger partial charge in [-0.1, -0.05) is 48.5 Å². The van der Waals surface area contributed by atoms with Crippen LogP contribution in [0, 0.1) is 0 Å². The summed E-state index contributed by atoms with van der Waals surface area (Å²) in [6.07, 6.45) is 0. The summed E-state index contributed by atoms with van der Waals surface area (Å²) in [5.74, 6) is 0. The molecule has 0 unspecified atom stereocenters. The molecule has 0 aliphatic rings. The standard InChI is InChI=1S/C14H8F2O2.C14H8O3/c15-13(17)11-5-1-9(2-6-11)10-3-7-12(8-4-10)14(16)18;15-13-11-5-1-9(2-6-11)10-3-7-12(8-4-10)14(16)17-13/h1-8H;1-8H. The highest BCUT2D eigenvalue weighted by Gasteiger charge is 2.06. The molecule has 35 heavy (non-hydrogen) atoms. The van der Waals surface area contributed by atoms with Gasteiger partial charge in [0.1, 0.15) is 0 Å². The monoisotopic (exact) mass is 470 g/mol. The third-order valence-electron chi connectivity index (χ3n) is 5.32. The summed E-state index contributed by atoms with van der Waals surface area (Å²) in [7, 11) is 0. The number of rotatable bonds is 3. The Morgan fingerprint density at radius 1 is 0.457 bits per heavy atom. The third-order valence-corrected chi connectivity index (χ3v) is 5.32. The second-order valence-electron chi connectivity index (χ2n) is 7.53. The summed E-state index contributed by atoms with van der Waals surface area (Å²) in [6.45, 7) is 0. The fourth-order valence-electron chi connectivity index (χ4n) is 3.39. The molecule has 172 valence electrons. The Kier molecular flexibility index (Phi) is 6.69. The Morgan fingerprint density at radius 3 is 1.03 bits per heavy atom. The summed E-state index contributed by atoms with van der Waals surface area (Å²) in [6, 6.07) is 22.8. The van der Waals surface area contributed by atoms with Gasteiger partial charge in [0.05, 0.1) is 21.9 Å².